The van der Waals surface area contributed by atoms with Crippen LogP contribution in [-0.2, 0) is 0 Å². The van der Waals surface area contributed by atoms with Gasteiger partial charge in [0.1, 0.15) is 0 Å². The van der Waals surface area contributed by atoms with Crippen LogP contribution in [-0.4, -0.2) is 35.7 Å². The number of halogens is 1. The van der Waals surface area contributed by atoms with Gasteiger partial charge in [0.25, 0.3) is 0 Å². The van der Waals surface area contributed by atoms with E-state index in [2.05, 4.69) is 33.9 Å². The number of aliphatic hydroxyl groups is 1. The van der Waals surface area contributed by atoms with Crippen molar-refractivity contribution in [2.45, 2.75) is 43.7 Å². The Morgan fingerprint density at radius 2 is 2.00 bits per heavy atom. The minimum Gasteiger partial charge on any atom is -0.389 e. The Kier molecular flexibility index (Phi) is 5.61. The van der Waals surface area contributed by atoms with Crippen LogP contribution in [0.3, 0.4) is 0 Å². The summed E-state index contributed by atoms with van der Waals surface area (Å²) in [5.41, 5.74) is 6.95. The van der Waals surface area contributed by atoms with Gasteiger partial charge in [-0.1, -0.05) is 47.0 Å². The van der Waals surface area contributed by atoms with E-state index < -0.39 is 5.60 Å². The Morgan fingerprint density at radius 1 is 1.35 bits per heavy atom. The van der Waals surface area contributed by atoms with E-state index in [9.17, 15) is 5.11 Å². The van der Waals surface area contributed by atoms with E-state index in [1.54, 1.807) is 0 Å². The molecule has 0 radical (unpaired) electrons. The third-order valence-corrected chi connectivity index (χ3v) is 4.95. The Bertz CT molecular complexity index is 432. The molecule has 0 aliphatic heterocycles. The second-order valence-electron chi connectivity index (χ2n) is 6.09. The summed E-state index contributed by atoms with van der Waals surface area (Å²) in [6.07, 6.45) is 5.08. The zero-order valence-corrected chi connectivity index (χ0v) is 13.8. The molecular formula is C16H25BrN2O. The summed E-state index contributed by atoms with van der Waals surface area (Å²) in [4.78, 5) is 2.21. The summed E-state index contributed by atoms with van der Waals surface area (Å²) in [5.74, 6) is 0. The molecule has 2 rings (SSSR count). The summed E-state index contributed by atoms with van der Waals surface area (Å²) in [6.45, 7) is 1.67. The van der Waals surface area contributed by atoms with Crippen molar-refractivity contribution in [2.24, 2.45) is 5.73 Å². The Balaban J connectivity index is 1.81. The Hall–Kier alpha value is -0.420. The molecule has 0 aromatic heterocycles. The fraction of sp³-hybridized carbons (Fsp3) is 0.625. The van der Waals surface area contributed by atoms with E-state index in [0.29, 0.717) is 0 Å². The molecule has 3 nitrogen and oxygen atoms in total. The molecule has 1 aromatic rings. The lowest BCUT2D eigenvalue weighted by atomic mass is 10.0. The molecule has 0 amide bonds. The number of hydrogen-bond acceptors (Lipinski definition) is 3. The normalized spacial score (nSPS) is 19.4. The van der Waals surface area contributed by atoms with Gasteiger partial charge in [-0.25, -0.2) is 0 Å². The Morgan fingerprint density at radius 3 is 2.65 bits per heavy atom. The number of hydrogen-bond donors (Lipinski definition) is 2. The molecule has 0 spiro atoms. The molecule has 1 atom stereocenters. The van der Waals surface area contributed by atoms with Crippen LogP contribution in [0.2, 0.25) is 0 Å². The van der Waals surface area contributed by atoms with Crippen molar-refractivity contribution in [3.8, 4) is 0 Å². The van der Waals surface area contributed by atoms with Crippen molar-refractivity contribution < 1.29 is 5.11 Å². The van der Waals surface area contributed by atoms with Crippen molar-refractivity contribution in [2.75, 3.05) is 20.1 Å². The van der Waals surface area contributed by atoms with E-state index in [1.807, 2.05) is 18.2 Å². The third-order valence-electron chi connectivity index (χ3n) is 4.23. The fourth-order valence-corrected chi connectivity index (χ4v) is 3.64. The van der Waals surface area contributed by atoms with Crippen LogP contribution < -0.4 is 5.73 Å². The molecule has 1 aromatic carbocycles. The molecule has 1 fully saturated rings. The van der Waals surface area contributed by atoms with Gasteiger partial charge in [0, 0.05) is 17.1 Å². The first-order valence-corrected chi connectivity index (χ1v) is 8.20. The maximum atomic E-state index is 10.4. The van der Waals surface area contributed by atoms with E-state index in [4.69, 9.17) is 5.73 Å². The number of likely N-dealkylation sites (N-methyl/N-ethyl adjacent to an activating group) is 1. The predicted octanol–water partition coefficient (Wildman–Crippen LogP) is 3.08. The molecule has 3 N–H and O–H groups in total. The third kappa shape index (κ3) is 4.29. The standard InChI is InChI=1S/C16H25BrN2O/c1-19(12-16(20)9-4-5-10-16)11-8-15(18)13-6-2-3-7-14(13)17/h2-3,6-7,15,20H,4-5,8-12,18H2,1H3. The van der Waals surface area contributed by atoms with Crippen LogP contribution in [0.5, 0.6) is 0 Å². The Labute approximate surface area is 130 Å². The van der Waals surface area contributed by atoms with Gasteiger partial charge < -0.3 is 15.7 Å². The molecule has 1 unspecified atom stereocenters. The molecule has 4 heteroatoms. The number of nitrogens with zero attached hydrogens (tertiary/aromatic N) is 1. The van der Waals surface area contributed by atoms with Crippen molar-refractivity contribution in [3.05, 3.63) is 34.3 Å². The maximum Gasteiger partial charge on any atom is 0.0774 e. The minimum atomic E-state index is -0.466. The van der Waals surface area contributed by atoms with Crippen molar-refractivity contribution in [3.63, 3.8) is 0 Å². The molecule has 112 valence electrons. The first-order valence-electron chi connectivity index (χ1n) is 7.41. The summed E-state index contributed by atoms with van der Waals surface area (Å²) in [5, 5.41) is 10.4. The number of benzene rings is 1. The number of rotatable bonds is 6. The maximum absolute atomic E-state index is 10.4. The first-order chi connectivity index (χ1) is 9.50. The van der Waals surface area contributed by atoms with E-state index >= 15 is 0 Å². The van der Waals surface area contributed by atoms with E-state index in [0.717, 1.165) is 55.2 Å². The van der Waals surface area contributed by atoms with Crippen molar-refractivity contribution in [1.29, 1.82) is 0 Å². The van der Waals surface area contributed by atoms with Crippen LogP contribution in [0, 0.1) is 0 Å². The highest BCUT2D eigenvalue weighted by molar-refractivity contribution is 9.10. The molecule has 0 bridgehead atoms. The molecular weight excluding hydrogens is 316 g/mol. The van der Waals surface area contributed by atoms with Gasteiger partial charge in [-0.05, 0) is 44.5 Å². The second-order valence-corrected chi connectivity index (χ2v) is 6.94. The fourth-order valence-electron chi connectivity index (χ4n) is 3.06. The molecule has 1 aliphatic carbocycles. The van der Waals surface area contributed by atoms with E-state index in [-0.39, 0.29) is 6.04 Å². The lowest BCUT2D eigenvalue weighted by molar-refractivity contribution is 0.0158. The molecule has 0 saturated heterocycles. The predicted molar refractivity (Wildman–Crippen MR) is 86.6 cm³/mol. The lowest BCUT2D eigenvalue weighted by Crippen LogP contribution is -2.40. The molecule has 20 heavy (non-hydrogen) atoms. The zero-order valence-electron chi connectivity index (χ0n) is 12.2. The highest BCUT2D eigenvalue weighted by Gasteiger charge is 2.32. The van der Waals surface area contributed by atoms with E-state index in [1.165, 1.54) is 0 Å². The van der Waals surface area contributed by atoms with Gasteiger partial charge in [0.05, 0.1) is 5.60 Å². The first kappa shape index (κ1) is 16.0. The summed E-state index contributed by atoms with van der Waals surface area (Å²) in [7, 11) is 2.07. The van der Waals surface area contributed by atoms with Crippen molar-refractivity contribution >= 4 is 15.9 Å². The van der Waals surface area contributed by atoms with Crippen LogP contribution >= 0.6 is 15.9 Å². The summed E-state index contributed by atoms with van der Waals surface area (Å²) in [6, 6.07) is 8.15. The molecule has 1 saturated carbocycles. The SMILES string of the molecule is CN(CCC(N)c1ccccc1Br)CC1(O)CCCC1. The van der Waals surface area contributed by atoms with Gasteiger partial charge in [0.2, 0.25) is 0 Å². The topological polar surface area (TPSA) is 49.5 Å². The van der Waals surface area contributed by atoms with Crippen LogP contribution in [0.15, 0.2) is 28.7 Å². The van der Waals surface area contributed by atoms with Gasteiger partial charge in [-0.2, -0.15) is 0 Å². The van der Waals surface area contributed by atoms with Crippen molar-refractivity contribution in [1.82, 2.24) is 4.90 Å². The van der Waals surface area contributed by atoms with Gasteiger partial charge in [-0.3, -0.25) is 0 Å². The molecule has 1 aliphatic rings. The lowest BCUT2D eigenvalue weighted by Gasteiger charge is -2.29. The summed E-state index contributed by atoms with van der Waals surface area (Å²) >= 11 is 3.55. The highest BCUT2D eigenvalue weighted by atomic mass is 79.9. The van der Waals surface area contributed by atoms with Crippen LogP contribution in [0.1, 0.15) is 43.7 Å². The summed E-state index contributed by atoms with van der Waals surface area (Å²) < 4.78 is 1.07. The van der Waals surface area contributed by atoms with Crippen LogP contribution in [0.25, 0.3) is 0 Å². The van der Waals surface area contributed by atoms with Gasteiger partial charge >= 0.3 is 0 Å². The highest BCUT2D eigenvalue weighted by Crippen LogP contribution is 2.30. The quantitative estimate of drug-likeness (QED) is 0.836. The van der Waals surface area contributed by atoms with Gasteiger partial charge in [-0.15, -0.1) is 0 Å². The zero-order chi connectivity index (χ0) is 14.6. The smallest absolute Gasteiger partial charge is 0.0774 e. The monoisotopic (exact) mass is 340 g/mol. The largest absolute Gasteiger partial charge is 0.389 e. The van der Waals surface area contributed by atoms with Gasteiger partial charge in [0.15, 0.2) is 0 Å². The second kappa shape index (κ2) is 7.03. The average Bonchev–Trinajstić information content (AvgIpc) is 2.83. The number of nitrogens with two attached hydrogens (primary N) is 1. The minimum absolute atomic E-state index is 0.0336. The van der Waals surface area contributed by atoms with Crippen LogP contribution in [0.4, 0.5) is 0 Å². The average molecular weight is 341 g/mol. The molecule has 0 heterocycles.